The molecule has 0 saturated carbocycles. The lowest BCUT2D eigenvalue weighted by Gasteiger charge is -2.39. The van der Waals surface area contributed by atoms with Crippen LogP contribution in [-0.4, -0.2) is 60.6 Å². The number of carbonyl (C=O) groups excluding carboxylic acids is 1. The maximum absolute atomic E-state index is 13.1. The number of hydrogen-bond donors (Lipinski definition) is 0. The Morgan fingerprint density at radius 2 is 1.82 bits per heavy atom. The van der Waals surface area contributed by atoms with Crippen LogP contribution in [0.4, 0.5) is 13.2 Å². The smallest absolute Gasteiger partial charge is 0.406 e. The van der Waals surface area contributed by atoms with Gasteiger partial charge in [0.1, 0.15) is 5.75 Å². The van der Waals surface area contributed by atoms with Crippen LogP contribution in [0, 0.1) is 0 Å². The Bertz CT molecular complexity index is 1280. The van der Waals surface area contributed by atoms with Gasteiger partial charge in [-0.2, -0.15) is 4.31 Å². The molecule has 3 aromatic rings. The van der Waals surface area contributed by atoms with E-state index in [1.807, 2.05) is 18.2 Å². The summed E-state index contributed by atoms with van der Waals surface area (Å²) in [4.78, 5) is 18.8. The highest BCUT2D eigenvalue weighted by Gasteiger charge is 2.35. The van der Waals surface area contributed by atoms with E-state index in [0.717, 1.165) is 29.7 Å². The van der Waals surface area contributed by atoms with E-state index in [2.05, 4.69) is 9.72 Å². The zero-order valence-electron chi connectivity index (χ0n) is 17.5. The van der Waals surface area contributed by atoms with Gasteiger partial charge >= 0.3 is 6.36 Å². The van der Waals surface area contributed by atoms with Gasteiger partial charge in [-0.3, -0.25) is 9.78 Å². The molecule has 1 amide bonds. The average Bonchev–Trinajstić information content (AvgIpc) is 2.77. The quantitative estimate of drug-likeness (QED) is 0.571. The van der Waals surface area contributed by atoms with Crippen molar-refractivity contribution < 1.29 is 31.1 Å². The lowest BCUT2D eigenvalue weighted by atomic mass is 10.1. The predicted octanol–water partition coefficient (Wildman–Crippen LogP) is 3.67. The number of hydrogen-bond acceptors (Lipinski definition) is 5. The Kier molecular flexibility index (Phi) is 6.02. The van der Waals surface area contributed by atoms with Crippen LogP contribution in [0.15, 0.2) is 65.7 Å². The molecule has 0 N–H and O–H groups in total. The van der Waals surface area contributed by atoms with Crippen LogP contribution in [0.2, 0.25) is 0 Å². The molecule has 174 valence electrons. The molecular weight excluding hydrogens is 459 g/mol. The first kappa shape index (κ1) is 23.0. The average molecular weight is 479 g/mol. The normalized spacial score (nSPS) is 17.8. The third-order valence-electron chi connectivity index (χ3n) is 5.40. The van der Waals surface area contributed by atoms with Crippen molar-refractivity contribution in [3.8, 4) is 5.75 Å². The third-order valence-corrected chi connectivity index (χ3v) is 7.28. The fraction of sp³-hybridized carbons (Fsp3) is 0.273. The number of nitrogens with zero attached hydrogens (tertiary/aromatic N) is 3. The van der Waals surface area contributed by atoms with Crippen LogP contribution in [0.25, 0.3) is 10.9 Å². The molecule has 7 nitrogen and oxygen atoms in total. The minimum atomic E-state index is -4.86. The topological polar surface area (TPSA) is 79.8 Å². The van der Waals surface area contributed by atoms with Crippen molar-refractivity contribution in [2.24, 2.45) is 0 Å². The molecule has 4 rings (SSSR count). The van der Waals surface area contributed by atoms with Crippen molar-refractivity contribution >= 4 is 26.8 Å². The molecule has 1 atom stereocenters. The maximum Gasteiger partial charge on any atom is 0.573 e. The summed E-state index contributed by atoms with van der Waals surface area (Å²) in [6.45, 7) is 2.04. The molecule has 0 bridgehead atoms. The minimum absolute atomic E-state index is 0.0563. The van der Waals surface area contributed by atoms with Crippen LogP contribution < -0.4 is 4.74 Å². The highest BCUT2D eigenvalue weighted by atomic mass is 32.2. The summed E-state index contributed by atoms with van der Waals surface area (Å²) in [6.07, 6.45) is -3.22. The van der Waals surface area contributed by atoms with Crippen molar-refractivity contribution in [2.75, 3.05) is 19.6 Å². The largest absolute Gasteiger partial charge is 0.573 e. The van der Waals surface area contributed by atoms with E-state index in [1.165, 1.54) is 4.31 Å². The Hall–Kier alpha value is -3.18. The molecule has 2 aromatic carbocycles. The van der Waals surface area contributed by atoms with Gasteiger partial charge in [-0.15, -0.1) is 13.2 Å². The second-order valence-electron chi connectivity index (χ2n) is 7.64. The van der Waals surface area contributed by atoms with E-state index in [4.69, 9.17) is 0 Å². The van der Waals surface area contributed by atoms with Gasteiger partial charge in [-0.1, -0.05) is 12.1 Å². The molecule has 1 aromatic heterocycles. The number of fused-ring (bicyclic) bond motifs is 1. The van der Waals surface area contributed by atoms with Gasteiger partial charge in [0.25, 0.3) is 5.91 Å². The molecule has 1 aliphatic heterocycles. The number of rotatable bonds is 4. The summed E-state index contributed by atoms with van der Waals surface area (Å²) in [6, 6.07) is 12.6. The lowest BCUT2D eigenvalue weighted by molar-refractivity contribution is -0.274. The van der Waals surface area contributed by atoms with Gasteiger partial charge in [0.05, 0.1) is 10.4 Å². The Balaban J connectivity index is 1.47. The number of amides is 1. The van der Waals surface area contributed by atoms with E-state index >= 15 is 0 Å². The summed E-state index contributed by atoms with van der Waals surface area (Å²) >= 11 is 0. The lowest BCUT2D eigenvalue weighted by Crippen LogP contribution is -2.55. The summed E-state index contributed by atoms with van der Waals surface area (Å²) in [5.74, 6) is -0.726. The molecule has 2 heterocycles. The van der Waals surface area contributed by atoms with Crippen molar-refractivity contribution in [2.45, 2.75) is 24.2 Å². The summed E-state index contributed by atoms with van der Waals surface area (Å²) in [7, 11) is -3.95. The number of benzene rings is 2. The van der Waals surface area contributed by atoms with Crippen molar-refractivity contribution in [3.05, 3.63) is 66.4 Å². The monoisotopic (exact) mass is 479 g/mol. The molecule has 11 heteroatoms. The van der Waals surface area contributed by atoms with Gasteiger partial charge in [0.15, 0.2) is 0 Å². The number of halogens is 3. The van der Waals surface area contributed by atoms with E-state index < -0.39 is 28.2 Å². The molecule has 0 aliphatic carbocycles. The molecule has 0 spiro atoms. The number of ether oxygens (including phenoxy) is 1. The van der Waals surface area contributed by atoms with Gasteiger partial charge in [0, 0.05) is 42.8 Å². The number of sulfonamides is 1. The zero-order valence-corrected chi connectivity index (χ0v) is 18.3. The number of carbonyl (C=O) groups is 1. The first-order chi connectivity index (χ1) is 15.5. The van der Waals surface area contributed by atoms with Crippen LogP contribution in [0.3, 0.4) is 0 Å². The molecular formula is C22H20F3N3O4S. The third kappa shape index (κ3) is 4.93. The van der Waals surface area contributed by atoms with Crippen molar-refractivity contribution in [1.29, 1.82) is 0 Å². The second kappa shape index (κ2) is 8.64. The fourth-order valence-corrected chi connectivity index (χ4v) is 5.28. The van der Waals surface area contributed by atoms with Gasteiger partial charge in [-0.25, -0.2) is 8.42 Å². The number of piperazine rings is 1. The van der Waals surface area contributed by atoms with Gasteiger partial charge < -0.3 is 9.64 Å². The minimum Gasteiger partial charge on any atom is -0.406 e. The van der Waals surface area contributed by atoms with Crippen molar-refractivity contribution in [1.82, 2.24) is 14.2 Å². The standard InChI is InChI=1S/C22H20F3N3O4S/c1-15-14-27(33(30,31)19-8-6-18(7-9-19)32-22(23,24)25)11-12-28(15)21(29)17-5-4-16-3-2-10-26-20(16)13-17/h2-10,13,15H,11-12,14H2,1H3/t15-/m0/s1. The van der Waals surface area contributed by atoms with Gasteiger partial charge in [-0.05, 0) is 49.4 Å². The van der Waals surface area contributed by atoms with Crippen LogP contribution in [0.5, 0.6) is 5.75 Å². The Morgan fingerprint density at radius 3 is 2.48 bits per heavy atom. The van der Waals surface area contributed by atoms with Crippen LogP contribution in [0.1, 0.15) is 17.3 Å². The first-order valence-corrected chi connectivity index (χ1v) is 11.5. The molecule has 1 fully saturated rings. The highest BCUT2D eigenvalue weighted by molar-refractivity contribution is 7.89. The SMILES string of the molecule is C[C@H]1CN(S(=O)(=O)c2ccc(OC(F)(F)F)cc2)CCN1C(=O)c1ccc2cccnc2c1. The fourth-order valence-electron chi connectivity index (χ4n) is 3.77. The Morgan fingerprint density at radius 1 is 1.09 bits per heavy atom. The van der Waals surface area contributed by atoms with E-state index in [1.54, 1.807) is 30.2 Å². The molecule has 1 saturated heterocycles. The molecule has 1 aliphatic rings. The van der Waals surface area contributed by atoms with E-state index in [-0.39, 0.29) is 30.4 Å². The Labute approximate surface area is 188 Å². The predicted molar refractivity (Wildman–Crippen MR) is 114 cm³/mol. The van der Waals surface area contributed by atoms with E-state index in [0.29, 0.717) is 11.1 Å². The van der Waals surface area contributed by atoms with Gasteiger partial charge in [0.2, 0.25) is 10.0 Å². The zero-order chi connectivity index (χ0) is 23.8. The summed E-state index contributed by atoms with van der Waals surface area (Å²) in [5.41, 5.74) is 1.15. The molecule has 33 heavy (non-hydrogen) atoms. The number of pyridine rings is 1. The van der Waals surface area contributed by atoms with Crippen molar-refractivity contribution in [3.63, 3.8) is 0 Å². The summed E-state index contributed by atoms with van der Waals surface area (Å²) in [5, 5.41) is 0.907. The number of alkyl halides is 3. The summed E-state index contributed by atoms with van der Waals surface area (Å²) < 4.78 is 67.9. The van der Waals surface area contributed by atoms with E-state index in [9.17, 15) is 26.4 Å². The number of aromatic nitrogens is 1. The first-order valence-electron chi connectivity index (χ1n) is 10.1. The maximum atomic E-state index is 13.1. The second-order valence-corrected chi connectivity index (χ2v) is 9.58. The molecule has 0 unspecified atom stereocenters. The highest BCUT2D eigenvalue weighted by Crippen LogP contribution is 2.26. The molecule has 0 radical (unpaired) electrons. The van der Waals surface area contributed by atoms with Crippen LogP contribution >= 0.6 is 0 Å². The van der Waals surface area contributed by atoms with Crippen LogP contribution in [-0.2, 0) is 10.0 Å².